The summed E-state index contributed by atoms with van der Waals surface area (Å²) in [5.41, 5.74) is 0.970. The van der Waals surface area contributed by atoms with Crippen molar-refractivity contribution in [3.8, 4) is 23.0 Å². The number of aromatic hydroxyl groups is 1. The molecule has 0 radical (unpaired) electrons. The average Bonchev–Trinajstić information content (AvgIpc) is 3.23. The fourth-order valence-electron chi connectivity index (χ4n) is 3.42. The van der Waals surface area contributed by atoms with Crippen molar-refractivity contribution in [1.29, 1.82) is 0 Å². The highest BCUT2D eigenvalue weighted by molar-refractivity contribution is 6.06. The monoisotopic (exact) mass is 356 g/mol. The molecule has 1 saturated heterocycles. The molecule has 26 heavy (non-hydrogen) atoms. The van der Waals surface area contributed by atoms with Crippen molar-refractivity contribution in [3.63, 3.8) is 0 Å². The number of benzene rings is 2. The third kappa shape index (κ3) is 2.52. The third-order valence-corrected chi connectivity index (χ3v) is 4.62. The Balaban J connectivity index is 1.92. The molecule has 2 aromatic carbocycles. The van der Waals surface area contributed by atoms with E-state index in [0.29, 0.717) is 28.4 Å². The van der Waals surface area contributed by atoms with Crippen LogP contribution in [0.1, 0.15) is 17.0 Å². The smallest absolute Gasteiger partial charge is 0.318 e. The van der Waals surface area contributed by atoms with Crippen molar-refractivity contribution in [1.82, 2.24) is 0 Å². The van der Waals surface area contributed by atoms with Crippen molar-refractivity contribution in [2.75, 3.05) is 20.5 Å². The van der Waals surface area contributed by atoms with Crippen molar-refractivity contribution >= 4 is 11.8 Å². The fraction of sp³-hybridized carbons (Fsp3) is 0.263. The first-order valence-corrected chi connectivity index (χ1v) is 8.05. The van der Waals surface area contributed by atoms with E-state index in [9.17, 15) is 14.7 Å². The van der Waals surface area contributed by atoms with E-state index in [1.165, 1.54) is 13.2 Å². The molecular formula is C19H16O7. The Kier molecular flexibility index (Phi) is 3.91. The highest BCUT2D eigenvalue weighted by Crippen LogP contribution is 2.47. The lowest BCUT2D eigenvalue weighted by Gasteiger charge is -2.24. The van der Waals surface area contributed by atoms with Crippen molar-refractivity contribution < 1.29 is 33.6 Å². The zero-order chi connectivity index (χ0) is 18.3. The number of phenols is 1. The number of ketones is 1. The molecule has 0 saturated carbocycles. The SMILES string of the molecule is COc1ccccc1[C@H](c1cc2c(cc1O)OCO2)[C@H]1C(=O)COC1=O. The van der Waals surface area contributed by atoms with Crippen LogP contribution in [0.3, 0.4) is 0 Å². The van der Waals surface area contributed by atoms with Crippen molar-refractivity contribution in [2.24, 2.45) is 5.92 Å². The van der Waals surface area contributed by atoms with Crippen LogP contribution in [0.15, 0.2) is 36.4 Å². The Morgan fingerprint density at radius 3 is 2.50 bits per heavy atom. The highest BCUT2D eigenvalue weighted by Gasteiger charge is 2.45. The van der Waals surface area contributed by atoms with Gasteiger partial charge >= 0.3 is 5.97 Å². The van der Waals surface area contributed by atoms with Gasteiger partial charge in [0.1, 0.15) is 17.4 Å². The van der Waals surface area contributed by atoms with Gasteiger partial charge in [0.25, 0.3) is 0 Å². The van der Waals surface area contributed by atoms with Gasteiger partial charge in [-0.1, -0.05) is 18.2 Å². The van der Waals surface area contributed by atoms with E-state index in [1.54, 1.807) is 30.3 Å². The van der Waals surface area contributed by atoms with Crippen LogP contribution >= 0.6 is 0 Å². The minimum atomic E-state index is -1.07. The summed E-state index contributed by atoms with van der Waals surface area (Å²) in [5.74, 6) is -1.56. The molecule has 2 atom stereocenters. The van der Waals surface area contributed by atoms with Crippen molar-refractivity contribution in [2.45, 2.75) is 5.92 Å². The van der Waals surface area contributed by atoms with Gasteiger partial charge in [-0.3, -0.25) is 9.59 Å². The minimum Gasteiger partial charge on any atom is -0.508 e. The number of para-hydroxylation sites is 1. The van der Waals surface area contributed by atoms with Crippen LogP contribution in [-0.4, -0.2) is 37.4 Å². The van der Waals surface area contributed by atoms with Crippen LogP contribution in [0.5, 0.6) is 23.0 Å². The number of carbonyl (C=O) groups is 2. The molecule has 0 bridgehead atoms. The average molecular weight is 356 g/mol. The first-order valence-electron chi connectivity index (χ1n) is 8.05. The molecule has 2 aliphatic heterocycles. The summed E-state index contributed by atoms with van der Waals surface area (Å²) in [6.45, 7) is -0.234. The molecule has 134 valence electrons. The molecule has 0 amide bonds. The lowest BCUT2D eigenvalue weighted by Crippen LogP contribution is -2.25. The third-order valence-electron chi connectivity index (χ3n) is 4.62. The zero-order valence-corrected chi connectivity index (χ0v) is 13.9. The summed E-state index contributed by atoms with van der Waals surface area (Å²) >= 11 is 0. The maximum absolute atomic E-state index is 12.4. The normalized spacial score (nSPS) is 19.3. The van der Waals surface area contributed by atoms with Gasteiger partial charge in [0.2, 0.25) is 6.79 Å². The van der Waals surface area contributed by atoms with Crippen LogP contribution in [0.25, 0.3) is 0 Å². The van der Waals surface area contributed by atoms with E-state index >= 15 is 0 Å². The predicted molar refractivity (Wildman–Crippen MR) is 88.5 cm³/mol. The van der Waals surface area contributed by atoms with Crippen LogP contribution in [0.2, 0.25) is 0 Å². The Hall–Kier alpha value is -3.22. The van der Waals surface area contributed by atoms with Gasteiger partial charge in [0.15, 0.2) is 23.9 Å². The van der Waals surface area contributed by atoms with Gasteiger partial charge in [-0.15, -0.1) is 0 Å². The molecular weight excluding hydrogens is 340 g/mol. The summed E-state index contributed by atoms with van der Waals surface area (Å²) in [6.07, 6.45) is 0. The number of cyclic esters (lactones) is 1. The number of hydrogen-bond donors (Lipinski definition) is 1. The first kappa shape index (κ1) is 16.3. The van der Waals surface area contributed by atoms with Gasteiger partial charge < -0.3 is 24.1 Å². The van der Waals surface area contributed by atoms with E-state index < -0.39 is 17.8 Å². The number of rotatable bonds is 4. The molecule has 1 N–H and O–H groups in total. The summed E-state index contributed by atoms with van der Waals surface area (Å²) in [5, 5.41) is 10.6. The lowest BCUT2D eigenvalue weighted by molar-refractivity contribution is -0.141. The predicted octanol–water partition coefficient (Wildman–Crippen LogP) is 2.00. The van der Waals surface area contributed by atoms with Crippen LogP contribution in [0, 0.1) is 5.92 Å². The zero-order valence-electron chi connectivity index (χ0n) is 13.9. The molecule has 0 aromatic heterocycles. The summed E-state index contributed by atoms with van der Waals surface area (Å²) in [4.78, 5) is 24.7. The number of hydrogen-bond acceptors (Lipinski definition) is 7. The second kappa shape index (κ2) is 6.25. The second-order valence-electron chi connectivity index (χ2n) is 6.04. The molecule has 7 nitrogen and oxygen atoms in total. The molecule has 1 fully saturated rings. The number of fused-ring (bicyclic) bond motifs is 1. The van der Waals surface area contributed by atoms with E-state index in [1.807, 2.05) is 0 Å². The Bertz CT molecular complexity index is 873. The molecule has 4 rings (SSSR count). The molecule has 2 aromatic rings. The highest BCUT2D eigenvalue weighted by atomic mass is 16.7. The molecule has 0 unspecified atom stereocenters. The Morgan fingerprint density at radius 1 is 1.08 bits per heavy atom. The second-order valence-corrected chi connectivity index (χ2v) is 6.04. The molecule has 0 aliphatic carbocycles. The van der Waals surface area contributed by atoms with Crippen LogP contribution in [0.4, 0.5) is 0 Å². The standard InChI is InChI=1S/C19H16O7/c1-23-14-5-3-2-4-10(14)17(18-13(21)8-24-19(18)22)11-6-15-16(7-12(11)20)26-9-25-15/h2-7,17-18,20H,8-9H2,1H3/t17-,18-/m1/s1. The number of esters is 1. The molecule has 2 heterocycles. The van der Waals surface area contributed by atoms with E-state index in [2.05, 4.69) is 0 Å². The molecule has 7 heteroatoms. The quantitative estimate of drug-likeness (QED) is 0.662. The van der Waals surface area contributed by atoms with Gasteiger partial charge in [-0.2, -0.15) is 0 Å². The number of phenolic OH excluding ortho intramolecular Hbond substituents is 1. The summed E-state index contributed by atoms with van der Waals surface area (Å²) in [6, 6.07) is 10.1. The van der Waals surface area contributed by atoms with E-state index in [0.717, 1.165) is 0 Å². The lowest BCUT2D eigenvalue weighted by atomic mass is 9.78. The van der Waals surface area contributed by atoms with Crippen LogP contribution < -0.4 is 14.2 Å². The van der Waals surface area contributed by atoms with E-state index in [-0.39, 0.29) is 24.9 Å². The van der Waals surface area contributed by atoms with Gasteiger partial charge in [-0.25, -0.2) is 0 Å². The summed E-state index contributed by atoms with van der Waals surface area (Å²) in [7, 11) is 1.50. The maximum atomic E-state index is 12.4. The van der Waals surface area contributed by atoms with E-state index in [4.69, 9.17) is 18.9 Å². The van der Waals surface area contributed by atoms with Crippen LogP contribution in [-0.2, 0) is 14.3 Å². The van der Waals surface area contributed by atoms with Crippen molar-refractivity contribution in [3.05, 3.63) is 47.5 Å². The number of ether oxygens (including phenoxy) is 4. The Labute approximate surface area is 149 Å². The van der Waals surface area contributed by atoms with Gasteiger partial charge in [0.05, 0.1) is 7.11 Å². The van der Waals surface area contributed by atoms with Gasteiger partial charge in [-0.05, 0) is 12.1 Å². The summed E-state index contributed by atoms with van der Waals surface area (Å²) < 4.78 is 21.0. The molecule has 2 aliphatic rings. The minimum absolute atomic E-state index is 0.0436. The number of carbonyl (C=O) groups excluding carboxylic acids is 2. The Morgan fingerprint density at radius 2 is 1.81 bits per heavy atom. The number of methoxy groups -OCH3 is 1. The topological polar surface area (TPSA) is 91.3 Å². The first-order chi connectivity index (χ1) is 12.6. The largest absolute Gasteiger partial charge is 0.508 e. The van der Waals surface area contributed by atoms with Gasteiger partial charge in [0, 0.05) is 23.1 Å². The maximum Gasteiger partial charge on any atom is 0.318 e. The molecule has 0 spiro atoms. The number of Topliss-reactive ketones (excluding diaryl/α,β-unsaturated/α-hetero) is 1. The fourth-order valence-corrected chi connectivity index (χ4v) is 3.42.